The molecule has 102 valence electrons. The summed E-state index contributed by atoms with van der Waals surface area (Å²) in [5.41, 5.74) is 0. The van der Waals surface area contributed by atoms with Crippen molar-refractivity contribution in [3.63, 3.8) is 0 Å². The van der Waals surface area contributed by atoms with E-state index in [1.54, 1.807) is 0 Å². The van der Waals surface area contributed by atoms with Gasteiger partial charge in [-0.05, 0) is 32.4 Å². The standard InChI is InChI=1S/C15H30ClN/c1-2-3-4-5-6-7-9-12-17-13-10-8-11-15(17)14-16/h15H,2-14H2,1H3. The maximum atomic E-state index is 6.03. The number of unbranched alkanes of at least 4 members (excludes halogenated alkanes) is 6. The highest BCUT2D eigenvalue weighted by atomic mass is 35.5. The van der Waals surface area contributed by atoms with Crippen molar-refractivity contribution in [2.24, 2.45) is 0 Å². The third-order valence-electron chi connectivity index (χ3n) is 3.98. The minimum atomic E-state index is 0.672. The van der Waals surface area contributed by atoms with Gasteiger partial charge in [-0.2, -0.15) is 0 Å². The van der Waals surface area contributed by atoms with Gasteiger partial charge in [0, 0.05) is 11.9 Å². The van der Waals surface area contributed by atoms with Crippen molar-refractivity contribution in [2.75, 3.05) is 19.0 Å². The summed E-state index contributed by atoms with van der Waals surface area (Å²) < 4.78 is 0. The highest BCUT2D eigenvalue weighted by Gasteiger charge is 2.20. The van der Waals surface area contributed by atoms with Gasteiger partial charge in [0.15, 0.2) is 0 Å². The summed E-state index contributed by atoms with van der Waals surface area (Å²) in [5.74, 6) is 0.830. The Morgan fingerprint density at radius 1 is 1.00 bits per heavy atom. The van der Waals surface area contributed by atoms with Gasteiger partial charge in [0.1, 0.15) is 0 Å². The van der Waals surface area contributed by atoms with Gasteiger partial charge in [-0.1, -0.05) is 51.9 Å². The first-order valence-corrected chi connectivity index (χ1v) is 8.22. The molecule has 1 nitrogen and oxygen atoms in total. The van der Waals surface area contributed by atoms with Gasteiger partial charge in [0.05, 0.1) is 0 Å². The zero-order valence-corrected chi connectivity index (χ0v) is 12.4. The minimum absolute atomic E-state index is 0.672. The summed E-state index contributed by atoms with van der Waals surface area (Å²) in [6.07, 6.45) is 13.9. The summed E-state index contributed by atoms with van der Waals surface area (Å²) in [5, 5.41) is 0. The van der Waals surface area contributed by atoms with Crippen LogP contribution in [0.3, 0.4) is 0 Å². The zero-order chi connectivity index (χ0) is 12.3. The maximum Gasteiger partial charge on any atom is 0.0379 e. The average Bonchev–Trinajstić information content (AvgIpc) is 2.38. The normalized spacial score (nSPS) is 21.9. The molecule has 17 heavy (non-hydrogen) atoms. The lowest BCUT2D eigenvalue weighted by molar-refractivity contribution is 0.160. The third kappa shape index (κ3) is 6.67. The predicted molar refractivity (Wildman–Crippen MR) is 77.9 cm³/mol. The first kappa shape index (κ1) is 15.3. The van der Waals surface area contributed by atoms with E-state index in [0.717, 1.165) is 5.88 Å². The van der Waals surface area contributed by atoms with Gasteiger partial charge in [-0.25, -0.2) is 0 Å². The fraction of sp³-hybridized carbons (Fsp3) is 1.00. The van der Waals surface area contributed by atoms with Crippen LogP contribution in [0.2, 0.25) is 0 Å². The van der Waals surface area contributed by atoms with Crippen LogP contribution >= 0.6 is 11.6 Å². The largest absolute Gasteiger partial charge is 0.299 e. The molecule has 1 rings (SSSR count). The van der Waals surface area contributed by atoms with E-state index in [-0.39, 0.29) is 0 Å². The summed E-state index contributed by atoms with van der Waals surface area (Å²) in [6.45, 7) is 4.85. The Morgan fingerprint density at radius 3 is 2.41 bits per heavy atom. The number of nitrogens with zero attached hydrogens (tertiary/aromatic N) is 1. The van der Waals surface area contributed by atoms with Gasteiger partial charge >= 0.3 is 0 Å². The molecule has 1 atom stereocenters. The number of piperidine rings is 1. The van der Waals surface area contributed by atoms with E-state index >= 15 is 0 Å². The summed E-state index contributed by atoms with van der Waals surface area (Å²) in [4.78, 5) is 2.63. The smallest absolute Gasteiger partial charge is 0.0379 e. The second kappa shape index (κ2) is 10.2. The molecule has 1 saturated heterocycles. The molecule has 1 heterocycles. The molecule has 0 N–H and O–H groups in total. The quantitative estimate of drug-likeness (QED) is 0.423. The third-order valence-corrected chi connectivity index (χ3v) is 4.33. The van der Waals surface area contributed by atoms with E-state index in [2.05, 4.69) is 11.8 Å². The SMILES string of the molecule is CCCCCCCCCN1CCCCC1CCl. The van der Waals surface area contributed by atoms with E-state index in [9.17, 15) is 0 Å². The molecule has 1 unspecified atom stereocenters. The van der Waals surface area contributed by atoms with Crippen LogP contribution in [-0.2, 0) is 0 Å². The minimum Gasteiger partial charge on any atom is -0.299 e. The lowest BCUT2D eigenvalue weighted by Crippen LogP contribution is -2.41. The molecule has 0 spiro atoms. The second-order valence-corrected chi connectivity index (χ2v) is 5.77. The molecule has 0 aromatic carbocycles. The van der Waals surface area contributed by atoms with Crippen LogP contribution in [0.1, 0.15) is 71.1 Å². The molecular weight excluding hydrogens is 230 g/mol. The Kier molecular flexibility index (Phi) is 9.18. The first-order chi connectivity index (χ1) is 8.38. The van der Waals surface area contributed by atoms with Crippen LogP contribution in [0.15, 0.2) is 0 Å². The predicted octanol–water partition coefficient (Wildman–Crippen LogP) is 4.83. The Bertz CT molecular complexity index is 172. The Balaban J connectivity index is 1.97. The van der Waals surface area contributed by atoms with Crippen LogP contribution in [-0.4, -0.2) is 29.9 Å². The molecule has 1 aliphatic heterocycles. The van der Waals surface area contributed by atoms with Crippen LogP contribution < -0.4 is 0 Å². The molecule has 2 heteroatoms. The highest BCUT2D eigenvalue weighted by molar-refractivity contribution is 6.18. The Labute approximate surface area is 113 Å². The van der Waals surface area contributed by atoms with Crippen molar-refractivity contribution < 1.29 is 0 Å². The lowest BCUT2D eigenvalue weighted by atomic mass is 10.0. The lowest BCUT2D eigenvalue weighted by Gasteiger charge is -2.34. The number of hydrogen-bond donors (Lipinski definition) is 0. The van der Waals surface area contributed by atoms with Gasteiger partial charge < -0.3 is 0 Å². The molecule has 1 fully saturated rings. The van der Waals surface area contributed by atoms with Gasteiger partial charge in [0.25, 0.3) is 0 Å². The topological polar surface area (TPSA) is 3.24 Å². The van der Waals surface area contributed by atoms with Crippen molar-refractivity contribution in [2.45, 2.75) is 77.2 Å². The van der Waals surface area contributed by atoms with E-state index in [4.69, 9.17) is 11.6 Å². The van der Waals surface area contributed by atoms with Gasteiger partial charge in [-0.15, -0.1) is 11.6 Å². The molecule has 0 aromatic heterocycles. The molecule has 0 bridgehead atoms. The zero-order valence-electron chi connectivity index (χ0n) is 11.6. The Morgan fingerprint density at radius 2 is 1.71 bits per heavy atom. The van der Waals surface area contributed by atoms with Crippen LogP contribution in [0, 0.1) is 0 Å². The fourth-order valence-corrected chi connectivity index (χ4v) is 3.15. The van der Waals surface area contributed by atoms with Crippen LogP contribution in [0.4, 0.5) is 0 Å². The maximum absolute atomic E-state index is 6.03. The molecule has 0 radical (unpaired) electrons. The van der Waals surface area contributed by atoms with Gasteiger partial charge in [0.2, 0.25) is 0 Å². The second-order valence-electron chi connectivity index (χ2n) is 5.46. The average molecular weight is 260 g/mol. The summed E-state index contributed by atoms with van der Waals surface area (Å²) in [6, 6.07) is 0.672. The van der Waals surface area contributed by atoms with Crippen molar-refractivity contribution in [3.8, 4) is 0 Å². The number of hydrogen-bond acceptors (Lipinski definition) is 1. The van der Waals surface area contributed by atoms with Crippen LogP contribution in [0.5, 0.6) is 0 Å². The van der Waals surface area contributed by atoms with Crippen LogP contribution in [0.25, 0.3) is 0 Å². The monoisotopic (exact) mass is 259 g/mol. The fourth-order valence-electron chi connectivity index (χ4n) is 2.80. The molecule has 0 amide bonds. The van der Waals surface area contributed by atoms with E-state index in [1.165, 1.54) is 77.3 Å². The van der Waals surface area contributed by atoms with Crippen molar-refractivity contribution in [1.82, 2.24) is 4.90 Å². The number of halogens is 1. The van der Waals surface area contributed by atoms with Crippen molar-refractivity contribution >= 4 is 11.6 Å². The number of likely N-dealkylation sites (tertiary alicyclic amines) is 1. The number of alkyl halides is 1. The van der Waals surface area contributed by atoms with E-state index in [1.807, 2.05) is 0 Å². The molecule has 0 saturated carbocycles. The first-order valence-electron chi connectivity index (χ1n) is 7.68. The summed E-state index contributed by atoms with van der Waals surface area (Å²) >= 11 is 6.03. The number of rotatable bonds is 9. The Hall–Kier alpha value is 0.250. The van der Waals surface area contributed by atoms with E-state index < -0.39 is 0 Å². The highest BCUT2D eigenvalue weighted by Crippen LogP contribution is 2.19. The summed E-state index contributed by atoms with van der Waals surface area (Å²) in [7, 11) is 0. The van der Waals surface area contributed by atoms with Crippen molar-refractivity contribution in [3.05, 3.63) is 0 Å². The molecular formula is C15H30ClN. The van der Waals surface area contributed by atoms with Gasteiger partial charge in [-0.3, -0.25) is 4.90 Å². The molecule has 0 aliphatic carbocycles. The van der Waals surface area contributed by atoms with E-state index in [0.29, 0.717) is 6.04 Å². The molecule has 1 aliphatic rings. The van der Waals surface area contributed by atoms with Crippen molar-refractivity contribution in [1.29, 1.82) is 0 Å². The molecule has 0 aromatic rings.